The topological polar surface area (TPSA) is 63.8 Å². The Balaban J connectivity index is 2.24. The van der Waals surface area contributed by atoms with E-state index < -0.39 is 0 Å². The summed E-state index contributed by atoms with van der Waals surface area (Å²) in [5, 5.41) is 3.94. The van der Waals surface area contributed by atoms with Gasteiger partial charge >= 0.3 is 0 Å². The van der Waals surface area contributed by atoms with Gasteiger partial charge in [0.1, 0.15) is 5.82 Å². The summed E-state index contributed by atoms with van der Waals surface area (Å²) in [5.41, 5.74) is 6.22. The zero-order valence-electron chi connectivity index (χ0n) is 7.99. The predicted molar refractivity (Wildman–Crippen MR) is 66.5 cm³/mol. The summed E-state index contributed by atoms with van der Waals surface area (Å²) in [6.45, 7) is 2.01. The summed E-state index contributed by atoms with van der Waals surface area (Å²) in [6.07, 6.45) is 3.42. The van der Waals surface area contributed by atoms with Crippen molar-refractivity contribution in [3.05, 3.63) is 27.8 Å². The summed E-state index contributed by atoms with van der Waals surface area (Å²) in [7, 11) is 0. The van der Waals surface area contributed by atoms with Crippen LogP contribution in [0.5, 0.6) is 0 Å². The van der Waals surface area contributed by atoms with Gasteiger partial charge in [-0.05, 0) is 28.9 Å². The first-order valence-corrected chi connectivity index (χ1v) is 5.86. The number of nitrogen functional groups attached to an aromatic ring is 1. The highest BCUT2D eigenvalue weighted by Crippen LogP contribution is 2.27. The van der Waals surface area contributed by atoms with Gasteiger partial charge in [-0.25, -0.2) is 9.97 Å². The number of nitrogens with two attached hydrogens (primary N) is 1. The summed E-state index contributed by atoms with van der Waals surface area (Å²) < 4.78 is 0.829. The van der Waals surface area contributed by atoms with Crippen LogP contribution < -0.4 is 11.1 Å². The number of thiazole rings is 1. The molecule has 2 aromatic rings. The number of rotatable bonds is 2. The molecule has 0 spiro atoms. The largest absolute Gasteiger partial charge is 0.397 e. The van der Waals surface area contributed by atoms with E-state index in [4.69, 9.17) is 5.73 Å². The predicted octanol–water partition coefficient (Wildman–Crippen LogP) is 2.93. The van der Waals surface area contributed by atoms with Crippen molar-refractivity contribution in [1.29, 1.82) is 0 Å². The molecule has 0 atom stereocenters. The van der Waals surface area contributed by atoms with Gasteiger partial charge in [0, 0.05) is 11.1 Å². The summed E-state index contributed by atoms with van der Waals surface area (Å²) >= 11 is 4.96. The van der Waals surface area contributed by atoms with Crippen LogP contribution in [0.1, 0.15) is 4.88 Å². The van der Waals surface area contributed by atoms with Crippen LogP contribution in [0, 0.1) is 6.92 Å². The molecule has 0 bridgehead atoms. The highest BCUT2D eigenvalue weighted by molar-refractivity contribution is 9.10. The molecule has 2 rings (SSSR count). The van der Waals surface area contributed by atoms with Crippen LogP contribution in [-0.4, -0.2) is 9.97 Å². The van der Waals surface area contributed by atoms with E-state index in [1.807, 2.05) is 13.1 Å². The summed E-state index contributed by atoms with van der Waals surface area (Å²) in [5.74, 6) is 0.721. The monoisotopic (exact) mass is 284 g/mol. The Labute approximate surface area is 99.7 Å². The first-order valence-electron chi connectivity index (χ1n) is 4.25. The molecule has 0 aliphatic rings. The van der Waals surface area contributed by atoms with E-state index in [-0.39, 0.29) is 0 Å². The number of hydrogen-bond acceptors (Lipinski definition) is 5. The Hall–Kier alpha value is -1.14. The standard InChI is InChI=1S/C9H9BrN4S/c1-5-3-13-9(15-5)14-8-7(10)2-6(11)4-12-8/h2-4H,11H2,1H3,(H,12,13,14). The van der Waals surface area contributed by atoms with Crippen LogP contribution >= 0.6 is 27.3 Å². The number of nitrogens with one attached hydrogen (secondary N) is 1. The molecule has 0 saturated carbocycles. The van der Waals surface area contributed by atoms with Gasteiger partial charge in [0.2, 0.25) is 0 Å². The number of pyridine rings is 1. The number of aromatic nitrogens is 2. The Morgan fingerprint density at radius 1 is 1.40 bits per heavy atom. The number of nitrogens with zero attached hydrogens (tertiary/aromatic N) is 2. The van der Waals surface area contributed by atoms with Crippen molar-refractivity contribution in [2.45, 2.75) is 6.92 Å². The van der Waals surface area contributed by atoms with Gasteiger partial charge in [0.05, 0.1) is 16.4 Å². The summed E-state index contributed by atoms with van der Waals surface area (Å²) in [6, 6.07) is 1.80. The molecule has 0 aliphatic carbocycles. The van der Waals surface area contributed by atoms with Crippen molar-refractivity contribution in [1.82, 2.24) is 9.97 Å². The van der Waals surface area contributed by atoms with Crippen molar-refractivity contribution < 1.29 is 0 Å². The average Bonchev–Trinajstić information content (AvgIpc) is 2.56. The van der Waals surface area contributed by atoms with Crippen molar-refractivity contribution in [3.8, 4) is 0 Å². The second-order valence-electron chi connectivity index (χ2n) is 3.00. The molecule has 2 aromatic heterocycles. The number of halogens is 1. The fourth-order valence-electron chi connectivity index (χ4n) is 1.06. The molecule has 0 amide bonds. The van der Waals surface area contributed by atoms with E-state index in [9.17, 15) is 0 Å². The number of anilines is 3. The minimum Gasteiger partial charge on any atom is -0.397 e. The minimum atomic E-state index is 0.628. The van der Waals surface area contributed by atoms with Gasteiger partial charge in [-0.15, -0.1) is 11.3 Å². The van der Waals surface area contributed by atoms with E-state index in [2.05, 4.69) is 31.2 Å². The Kier molecular flexibility index (Phi) is 2.88. The molecule has 2 heterocycles. The molecule has 0 radical (unpaired) electrons. The first-order chi connectivity index (χ1) is 7.15. The van der Waals surface area contributed by atoms with Crippen molar-refractivity contribution in [2.75, 3.05) is 11.1 Å². The third kappa shape index (κ3) is 2.45. The maximum Gasteiger partial charge on any atom is 0.188 e. The molecule has 0 unspecified atom stereocenters. The quantitative estimate of drug-likeness (QED) is 0.890. The third-order valence-electron chi connectivity index (χ3n) is 1.71. The van der Waals surface area contributed by atoms with Crippen LogP contribution in [0.15, 0.2) is 22.9 Å². The molecular formula is C9H9BrN4S. The van der Waals surface area contributed by atoms with Crippen LogP contribution in [0.2, 0.25) is 0 Å². The van der Waals surface area contributed by atoms with Gasteiger partial charge < -0.3 is 11.1 Å². The lowest BCUT2D eigenvalue weighted by atomic mass is 10.4. The van der Waals surface area contributed by atoms with Crippen molar-refractivity contribution in [3.63, 3.8) is 0 Å². The van der Waals surface area contributed by atoms with Crippen LogP contribution in [0.25, 0.3) is 0 Å². The molecule has 0 aliphatic heterocycles. The van der Waals surface area contributed by atoms with E-state index >= 15 is 0 Å². The molecule has 4 nitrogen and oxygen atoms in total. The molecule has 15 heavy (non-hydrogen) atoms. The van der Waals surface area contributed by atoms with Crippen LogP contribution in [-0.2, 0) is 0 Å². The highest BCUT2D eigenvalue weighted by Gasteiger charge is 2.04. The van der Waals surface area contributed by atoms with Gasteiger partial charge in [-0.2, -0.15) is 0 Å². The lowest BCUT2D eigenvalue weighted by Gasteiger charge is -2.04. The van der Waals surface area contributed by atoms with Crippen LogP contribution in [0.4, 0.5) is 16.6 Å². The van der Waals surface area contributed by atoms with E-state index in [0.717, 1.165) is 20.3 Å². The maximum absolute atomic E-state index is 5.59. The molecule has 0 saturated heterocycles. The van der Waals surface area contributed by atoms with Gasteiger partial charge in [0.25, 0.3) is 0 Å². The van der Waals surface area contributed by atoms with E-state index in [1.165, 1.54) is 0 Å². The third-order valence-corrected chi connectivity index (χ3v) is 3.14. The summed E-state index contributed by atoms with van der Waals surface area (Å²) in [4.78, 5) is 9.51. The molecule has 6 heteroatoms. The SMILES string of the molecule is Cc1cnc(Nc2ncc(N)cc2Br)s1. The molecule has 3 N–H and O–H groups in total. The fraction of sp³-hybridized carbons (Fsp3) is 0.111. The molecule has 78 valence electrons. The Bertz CT molecular complexity index is 483. The van der Waals surface area contributed by atoms with Gasteiger partial charge in [-0.1, -0.05) is 0 Å². The molecular weight excluding hydrogens is 276 g/mol. The maximum atomic E-state index is 5.59. The number of hydrogen-bond donors (Lipinski definition) is 2. The van der Waals surface area contributed by atoms with Gasteiger partial charge in [-0.3, -0.25) is 0 Å². The van der Waals surface area contributed by atoms with Crippen LogP contribution in [0.3, 0.4) is 0 Å². The van der Waals surface area contributed by atoms with E-state index in [0.29, 0.717) is 5.69 Å². The fourth-order valence-corrected chi connectivity index (χ4v) is 2.19. The smallest absolute Gasteiger partial charge is 0.188 e. The van der Waals surface area contributed by atoms with E-state index in [1.54, 1.807) is 23.6 Å². The van der Waals surface area contributed by atoms with Crippen molar-refractivity contribution >= 4 is 43.9 Å². The van der Waals surface area contributed by atoms with Crippen molar-refractivity contribution in [2.24, 2.45) is 0 Å². The average molecular weight is 285 g/mol. The normalized spacial score (nSPS) is 10.3. The van der Waals surface area contributed by atoms with Gasteiger partial charge in [0.15, 0.2) is 5.13 Å². The minimum absolute atomic E-state index is 0.628. The Morgan fingerprint density at radius 3 is 2.80 bits per heavy atom. The zero-order valence-corrected chi connectivity index (χ0v) is 10.4. The molecule has 0 fully saturated rings. The lowest BCUT2D eigenvalue weighted by Crippen LogP contribution is -1.95. The second kappa shape index (κ2) is 4.16. The lowest BCUT2D eigenvalue weighted by molar-refractivity contribution is 1.27. The first kappa shape index (κ1) is 10.4. The Morgan fingerprint density at radius 2 is 2.20 bits per heavy atom. The molecule has 0 aromatic carbocycles. The zero-order chi connectivity index (χ0) is 10.8. The second-order valence-corrected chi connectivity index (χ2v) is 5.09. The highest BCUT2D eigenvalue weighted by atomic mass is 79.9. The number of aryl methyl sites for hydroxylation is 1.